The fourth-order valence-electron chi connectivity index (χ4n) is 2.38. The number of nitrogens with two attached hydrogens (primary N) is 1. The molecule has 1 unspecified atom stereocenters. The van der Waals surface area contributed by atoms with Gasteiger partial charge in [-0.25, -0.2) is 0 Å². The molecule has 4 heteroatoms. The monoisotopic (exact) mass is 239 g/mol. The van der Waals surface area contributed by atoms with Gasteiger partial charge in [0.05, 0.1) is 18.6 Å². The van der Waals surface area contributed by atoms with Crippen molar-refractivity contribution in [3.63, 3.8) is 0 Å². The van der Waals surface area contributed by atoms with Crippen LogP contribution in [0.3, 0.4) is 0 Å². The Bertz CT molecular complexity index is 231. The molecule has 0 aromatic carbocycles. The van der Waals surface area contributed by atoms with E-state index in [-0.39, 0.29) is 0 Å². The minimum Gasteiger partial charge on any atom is -0.378 e. The highest BCUT2D eigenvalue weighted by atomic mass is 16.5. The fourth-order valence-corrected chi connectivity index (χ4v) is 2.38. The van der Waals surface area contributed by atoms with Gasteiger partial charge in [-0.1, -0.05) is 6.92 Å². The lowest BCUT2D eigenvalue weighted by Crippen LogP contribution is -2.43. The largest absolute Gasteiger partial charge is 0.378 e. The fraction of sp³-hybridized carbons (Fsp3) is 0.923. The van der Waals surface area contributed by atoms with Gasteiger partial charge in [0.25, 0.3) is 0 Å². The lowest BCUT2D eigenvalue weighted by atomic mass is 10.0. The number of rotatable bonds is 7. The Labute approximate surface area is 105 Å². The number of likely N-dealkylation sites (tertiary alicyclic amines) is 1. The molecule has 0 aliphatic carbocycles. The van der Waals surface area contributed by atoms with E-state index in [2.05, 4.69) is 17.9 Å². The van der Waals surface area contributed by atoms with Crippen molar-refractivity contribution < 1.29 is 4.74 Å². The summed E-state index contributed by atoms with van der Waals surface area (Å²) in [7, 11) is 0. The lowest BCUT2D eigenvalue weighted by Gasteiger charge is -2.36. The van der Waals surface area contributed by atoms with Gasteiger partial charge in [0.15, 0.2) is 0 Å². The summed E-state index contributed by atoms with van der Waals surface area (Å²) in [5.74, 6) is 0. The molecule has 1 atom stereocenters. The molecule has 0 saturated carbocycles. The molecule has 0 bridgehead atoms. The highest BCUT2D eigenvalue weighted by molar-refractivity contribution is 4.85. The summed E-state index contributed by atoms with van der Waals surface area (Å²) in [6.07, 6.45) is 5.24. The third-order valence-electron chi connectivity index (χ3n) is 3.49. The first kappa shape index (κ1) is 14.4. The van der Waals surface area contributed by atoms with Gasteiger partial charge in [0.2, 0.25) is 0 Å². The third-order valence-corrected chi connectivity index (χ3v) is 3.49. The van der Waals surface area contributed by atoms with E-state index in [9.17, 15) is 0 Å². The van der Waals surface area contributed by atoms with Crippen LogP contribution >= 0.6 is 0 Å². The number of nitriles is 1. The molecule has 4 nitrogen and oxygen atoms in total. The van der Waals surface area contributed by atoms with Crippen LogP contribution in [0.25, 0.3) is 0 Å². The van der Waals surface area contributed by atoms with E-state index in [0.29, 0.717) is 25.1 Å². The second-order valence-corrected chi connectivity index (χ2v) is 4.67. The highest BCUT2D eigenvalue weighted by Gasteiger charge is 2.24. The maximum Gasteiger partial charge on any atom is 0.0638 e. The van der Waals surface area contributed by atoms with E-state index in [1.165, 1.54) is 0 Å². The first-order valence-corrected chi connectivity index (χ1v) is 6.74. The Morgan fingerprint density at radius 2 is 2.18 bits per heavy atom. The SMILES string of the molecule is CCC(CC#N)N1CCC(OCCCN)CC1. The zero-order chi connectivity index (χ0) is 12.5. The van der Waals surface area contributed by atoms with Gasteiger partial charge in [-0.15, -0.1) is 0 Å². The van der Waals surface area contributed by atoms with Crippen molar-refractivity contribution in [2.75, 3.05) is 26.2 Å². The molecule has 1 fully saturated rings. The molecule has 1 aliphatic heterocycles. The maximum atomic E-state index is 8.78. The predicted molar refractivity (Wildman–Crippen MR) is 68.5 cm³/mol. The van der Waals surface area contributed by atoms with Crippen molar-refractivity contribution in [3.05, 3.63) is 0 Å². The highest BCUT2D eigenvalue weighted by Crippen LogP contribution is 2.18. The molecular weight excluding hydrogens is 214 g/mol. The number of ether oxygens (including phenoxy) is 1. The van der Waals surface area contributed by atoms with E-state index in [1.807, 2.05) is 0 Å². The van der Waals surface area contributed by atoms with E-state index >= 15 is 0 Å². The molecule has 0 aromatic rings. The average Bonchev–Trinajstić information content (AvgIpc) is 2.37. The third kappa shape index (κ3) is 5.03. The van der Waals surface area contributed by atoms with Gasteiger partial charge >= 0.3 is 0 Å². The Kier molecular flexibility index (Phi) is 7.18. The van der Waals surface area contributed by atoms with Crippen LogP contribution < -0.4 is 5.73 Å². The summed E-state index contributed by atoms with van der Waals surface area (Å²) in [5, 5.41) is 8.78. The molecule has 0 amide bonds. The zero-order valence-corrected chi connectivity index (χ0v) is 10.9. The predicted octanol–water partition coefficient (Wildman–Crippen LogP) is 1.51. The molecule has 17 heavy (non-hydrogen) atoms. The second kappa shape index (κ2) is 8.46. The van der Waals surface area contributed by atoms with E-state index in [1.54, 1.807) is 0 Å². The number of nitrogens with zero attached hydrogens (tertiary/aromatic N) is 2. The summed E-state index contributed by atoms with van der Waals surface area (Å²) in [6, 6.07) is 2.72. The van der Waals surface area contributed by atoms with Gasteiger partial charge in [0, 0.05) is 25.7 Å². The average molecular weight is 239 g/mol. The second-order valence-electron chi connectivity index (χ2n) is 4.67. The van der Waals surface area contributed by atoms with Crippen molar-refractivity contribution >= 4 is 0 Å². The van der Waals surface area contributed by atoms with Crippen LogP contribution in [-0.4, -0.2) is 43.3 Å². The van der Waals surface area contributed by atoms with Crippen molar-refractivity contribution in [2.45, 2.75) is 51.2 Å². The molecule has 1 heterocycles. The lowest BCUT2D eigenvalue weighted by molar-refractivity contribution is -0.00215. The maximum absolute atomic E-state index is 8.78. The van der Waals surface area contributed by atoms with E-state index in [4.69, 9.17) is 15.7 Å². The van der Waals surface area contributed by atoms with E-state index < -0.39 is 0 Å². The molecule has 98 valence electrons. The van der Waals surface area contributed by atoms with Gasteiger partial charge in [-0.2, -0.15) is 5.26 Å². The van der Waals surface area contributed by atoms with Crippen LogP contribution in [0.1, 0.15) is 39.0 Å². The molecule has 0 spiro atoms. The van der Waals surface area contributed by atoms with Crippen LogP contribution in [0.2, 0.25) is 0 Å². The number of piperidine rings is 1. The summed E-state index contributed by atoms with van der Waals surface area (Å²) < 4.78 is 5.77. The van der Waals surface area contributed by atoms with Gasteiger partial charge < -0.3 is 10.5 Å². The first-order chi connectivity index (χ1) is 8.31. The van der Waals surface area contributed by atoms with Gasteiger partial charge in [0.1, 0.15) is 0 Å². The summed E-state index contributed by atoms with van der Waals surface area (Å²) in [5.41, 5.74) is 5.44. The molecule has 2 N–H and O–H groups in total. The Balaban J connectivity index is 2.22. The van der Waals surface area contributed by atoms with Gasteiger partial charge in [-0.05, 0) is 32.2 Å². The van der Waals surface area contributed by atoms with Crippen molar-refractivity contribution in [1.29, 1.82) is 5.26 Å². The van der Waals surface area contributed by atoms with E-state index in [0.717, 1.165) is 45.4 Å². The molecule has 1 saturated heterocycles. The van der Waals surface area contributed by atoms with Crippen LogP contribution in [-0.2, 0) is 4.74 Å². The minimum atomic E-state index is 0.400. The number of hydrogen-bond acceptors (Lipinski definition) is 4. The van der Waals surface area contributed by atoms with Crippen LogP contribution in [0.5, 0.6) is 0 Å². The summed E-state index contributed by atoms with van der Waals surface area (Å²) >= 11 is 0. The van der Waals surface area contributed by atoms with Crippen molar-refractivity contribution in [2.24, 2.45) is 5.73 Å². The zero-order valence-electron chi connectivity index (χ0n) is 10.9. The smallest absolute Gasteiger partial charge is 0.0638 e. The first-order valence-electron chi connectivity index (χ1n) is 6.74. The molecule has 1 aliphatic rings. The Hall–Kier alpha value is -0.630. The Morgan fingerprint density at radius 1 is 1.47 bits per heavy atom. The van der Waals surface area contributed by atoms with Crippen LogP contribution in [0, 0.1) is 11.3 Å². The van der Waals surface area contributed by atoms with Crippen LogP contribution in [0.4, 0.5) is 0 Å². The standard InChI is InChI=1S/C13H25N3O/c1-2-12(4-8-15)16-9-5-13(6-10-16)17-11-3-7-14/h12-13H,2-7,9-11,14H2,1H3. The normalized spacial score (nSPS) is 20.1. The van der Waals surface area contributed by atoms with Crippen molar-refractivity contribution in [3.8, 4) is 6.07 Å². The summed E-state index contributed by atoms with van der Waals surface area (Å²) in [4.78, 5) is 2.44. The topological polar surface area (TPSA) is 62.3 Å². The molecule has 0 aromatic heterocycles. The number of hydrogen-bond donors (Lipinski definition) is 1. The van der Waals surface area contributed by atoms with Crippen LogP contribution in [0.15, 0.2) is 0 Å². The summed E-state index contributed by atoms with van der Waals surface area (Å²) in [6.45, 7) is 5.78. The quantitative estimate of drug-likeness (QED) is 0.684. The molecule has 1 rings (SSSR count). The molecule has 0 radical (unpaired) electrons. The Morgan fingerprint density at radius 3 is 2.71 bits per heavy atom. The van der Waals surface area contributed by atoms with Gasteiger partial charge in [-0.3, -0.25) is 4.90 Å². The van der Waals surface area contributed by atoms with Crippen molar-refractivity contribution in [1.82, 2.24) is 4.90 Å². The molecular formula is C13H25N3O. The minimum absolute atomic E-state index is 0.400.